The summed E-state index contributed by atoms with van der Waals surface area (Å²) in [4.78, 5) is 12.0. The predicted octanol–water partition coefficient (Wildman–Crippen LogP) is 2.42. The Morgan fingerprint density at radius 3 is 2.36 bits per heavy atom. The zero-order valence-electron chi connectivity index (χ0n) is 12.9. The molecule has 1 atom stereocenters. The molecular weight excluding hydrogens is 278 g/mol. The van der Waals surface area contributed by atoms with E-state index in [1.165, 1.54) is 0 Å². The van der Waals surface area contributed by atoms with Crippen LogP contribution in [0.5, 0.6) is 5.75 Å². The molecule has 1 unspecified atom stereocenters. The highest BCUT2D eigenvalue weighted by atomic mass is 16.5. The minimum Gasteiger partial charge on any atom is -0.497 e. The number of nitrogens with one attached hydrogen (secondary N) is 1. The van der Waals surface area contributed by atoms with Gasteiger partial charge in [-0.15, -0.1) is 0 Å². The molecule has 0 spiro atoms. The lowest BCUT2D eigenvalue weighted by Crippen LogP contribution is -2.42. The number of hydrogen-bond donors (Lipinski definition) is 2. The van der Waals surface area contributed by atoms with E-state index in [2.05, 4.69) is 5.32 Å². The zero-order chi connectivity index (χ0) is 16.0. The molecule has 4 heteroatoms. The standard InChI is InChI=1S/C18H21NO3/c1-18(21,12-14-8-10-16(22-2)11-9-14)13-19-17(20)15-6-4-3-5-7-15/h3-11,21H,12-13H2,1-2H3,(H,19,20). The van der Waals surface area contributed by atoms with Crippen LogP contribution in [0.25, 0.3) is 0 Å². The largest absolute Gasteiger partial charge is 0.497 e. The number of methoxy groups -OCH3 is 1. The van der Waals surface area contributed by atoms with Crippen LogP contribution in [0.3, 0.4) is 0 Å². The summed E-state index contributed by atoms with van der Waals surface area (Å²) in [6.07, 6.45) is 0.450. The summed E-state index contributed by atoms with van der Waals surface area (Å²) in [5, 5.41) is 13.2. The summed E-state index contributed by atoms with van der Waals surface area (Å²) in [7, 11) is 1.62. The molecule has 0 saturated carbocycles. The second-order valence-corrected chi connectivity index (χ2v) is 5.57. The van der Waals surface area contributed by atoms with E-state index in [1.54, 1.807) is 26.2 Å². The number of amides is 1. The van der Waals surface area contributed by atoms with E-state index in [9.17, 15) is 9.90 Å². The van der Waals surface area contributed by atoms with Crippen LogP contribution in [0.15, 0.2) is 54.6 Å². The van der Waals surface area contributed by atoms with Gasteiger partial charge in [0.15, 0.2) is 0 Å². The monoisotopic (exact) mass is 299 g/mol. The van der Waals surface area contributed by atoms with Crippen LogP contribution >= 0.6 is 0 Å². The molecule has 2 aromatic rings. The van der Waals surface area contributed by atoms with Gasteiger partial charge < -0.3 is 15.2 Å². The van der Waals surface area contributed by atoms with Gasteiger partial charge in [-0.25, -0.2) is 0 Å². The zero-order valence-corrected chi connectivity index (χ0v) is 12.9. The van der Waals surface area contributed by atoms with Crippen molar-refractivity contribution in [2.75, 3.05) is 13.7 Å². The van der Waals surface area contributed by atoms with Crippen molar-refractivity contribution in [1.29, 1.82) is 0 Å². The van der Waals surface area contributed by atoms with Crippen molar-refractivity contribution in [3.05, 3.63) is 65.7 Å². The van der Waals surface area contributed by atoms with E-state index in [1.807, 2.05) is 42.5 Å². The van der Waals surface area contributed by atoms with Crippen LogP contribution in [-0.4, -0.2) is 30.3 Å². The van der Waals surface area contributed by atoms with Gasteiger partial charge in [-0.2, -0.15) is 0 Å². The number of rotatable bonds is 6. The maximum absolute atomic E-state index is 12.0. The molecule has 0 bridgehead atoms. The van der Waals surface area contributed by atoms with Gasteiger partial charge in [0.1, 0.15) is 5.75 Å². The van der Waals surface area contributed by atoms with Crippen LogP contribution in [-0.2, 0) is 6.42 Å². The fourth-order valence-corrected chi connectivity index (χ4v) is 2.21. The van der Waals surface area contributed by atoms with Crippen LogP contribution < -0.4 is 10.1 Å². The van der Waals surface area contributed by atoms with Gasteiger partial charge in [-0.1, -0.05) is 30.3 Å². The molecule has 0 aromatic heterocycles. The minimum atomic E-state index is -1.01. The molecule has 0 heterocycles. The van der Waals surface area contributed by atoms with Gasteiger partial charge >= 0.3 is 0 Å². The van der Waals surface area contributed by atoms with E-state index in [0.717, 1.165) is 11.3 Å². The maximum atomic E-state index is 12.0. The third-order valence-electron chi connectivity index (χ3n) is 3.41. The molecule has 0 fully saturated rings. The highest BCUT2D eigenvalue weighted by molar-refractivity contribution is 5.94. The van der Waals surface area contributed by atoms with Crippen molar-refractivity contribution in [2.24, 2.45) is 0 Å². The lowest BCUT2D eigenvalue weighted by Gasteiger charge is -2.24. The molecule has 22 heavy (non-hydrogen) atoms. The maximum Gasteiger partial charge on any atom is 0.251 e. The molecule has 0 aliphatic rings. The average Bonchev–Trinajstić information content (AvgIpc) is 2.54. The number of carbonyl (C=O) groups is 1. The van der Waals surface area contributed by atoms with Gasteiger partial charge in [-0.05, 0) is 36.8 Å². The Labute approximate surface area is 130 Å². The second-order valence-electron chi connectivity index (χ2n) is 5.57. The Morgan fingerprint density at radius 2 is 1.77 bits per heavy atom. The van der Waals surface area contributed by atoms with Crippen LogP contribution in [0.1, 0.15) is 22.8 Å². The summed E-state index contributed by atoms with van der Waals surface area (Å²) in [5.74, 6) is 0.594. The van der Waals surface area contributed by atoms with Crippen molar-refractivity contribution in [3.8, 4) is 5.75 Å². The van der Waals surface area contributed by atoms with Crippen molar-refractivity contribution in [2.45, 2.75) is 18.9 Å². The van der Waals surface area contributed by atoms with E-state index < -0.39 is 5.60 Å². The molecule has 0 saturated heterocycles. The van der Waals surface area contributed by atoms with E-state index in [0.29, 0.717) is 12.0 Å². The normalized spacial score (nSPS) is 13.2. The Morgan fingerprint density at radius 1 is 1.14 bits per heavy atom. The van der Waals surface area contributed by atoms with Crippen molar-refractivity contribution in [1.82, 2.24) is 5.32 Å². The summed E-state index contributed by atoms with van der Waals surface area (Å²) in [6, 6.07) is 16.5. The smallest absolute Gasteiger partial charge is 0.251 e. The predicted molar refractivity (Wildman–Crippen MR) is 86.1 cm³/mol. The summed E-state index contributed by atoms with van der Waals surface area (Å²) < 4.78 is 5.11. The second kappa shape index (κ2) is 7.09. The molecule has 116 valence electrons. The van der Waals surface area contributed by atoms with Gasteiger partial charge in [0.2, 0.25) is 0 Å². The van der Waals surface area contributed by atoms with E-state index in [-0.39, 0.29) is 12.5 Å². The topological polar surface area (TPSA) is 58.6 Å². The first-order valence-electron chi connectivity index (χ1n) is 7.19. The van der Waals surface area contributed by atoms with Gasteiger partial charge in [-0.3, -0.25) is 4.79 Å². The lowest BCUT2D eigenvalue weighted by atomic mass is 9.96. The van der Waals surface area contributed by atoms with E-state index in [4.69, 9.17) is 4.74 Å². The molecule has 0 radical (unpaired) electrons. The lowest BCUT2D eigenvalue weighted by molar-refractivity contribution is 0.0552. The molecule has 2 N–H and O–H groups in total. The van der Waals surface area contributed by atoms with Crippen molar-refractivity contribution in [3.63, 3.8) is 0 Å². The Balaban J connectivity index is 1.91. The van der Waals surface area contributed by atoms with E-state index >= 15 is 0 Å². The first-order valence-corrected chi connectivity index (χ1v) is 7.19. The molecule has 1 amide bonds. The van der Waals surface area contributed by atoms with Crippen LogP contribution in [0.4, 0.5) is 0 Å². The van der Waals surface area contributed by atoms with Gasteiger partial charge in [0.25, 0.3) is 5.91 Å². The molecule has 2 aromatic carbocycles. The highest BCUT2D eigenvalue weighted by Crippen LogP contribution is 2.16. The van der Waals surface area contributed by atoms with Gasteiger partial charge in [0, 0.05) is 18.5 Å². The first-order chi connectivity index (χ1) is 10.5. The summed E-state index contributed by atoms with van der Waals surface area (Å²) >= 11 is 0. The fraction of sp³-hybridized carbons (Fsp3) is 0.278. The molecule has 4 nitrogen and oxygen atoms in total. The Kier molecular flexibility index (Phi) is 5.17. The van der Waals surface area contributed by atoms with Crippen molar-refractivity contribution < 1.29 is 14.6 Å². The molecule has 2 rings (SSSR count). The SMILES string of the molecule is COc1ccc(CC(C)(O)CNC(=O)c2ccccc2)cc1. The van der Waals surface area contributed by atoms with Gasteiger partial charge in [0.05, 0.1) is 12.7 Å². The number of hydrogen-bond acceptors (Lipinski definition) is 3. The fourth-order valence-electron chi connectivity index (χ4n) is 2.21. The quantitative estimate of drug-likeness (QED) is 0.861. The molecular formula is C18H21NO3. The van der Waals surface area contributed by atoms with Crippen LogP contribution in [0, 0.1) is 0 Å². The highest BCUT2D eigenvalue weighted by Gasteiger charge is 2.22. The van der Waals surface area contributed by atoms with Crippen LogP contribution in [0.2, 0.25) is 0 Å². The third-order valence-corrected chi connectivity index (χ3v) is 3.41. The summed E-state index contributed by atoms with van der Waals surface area (Å²) in [6.45, 7) is 1.90. The first kappa shape index (κ1) is 16.0. The van der Waals surface area contributed by atoms with Crippen molar-refractivity contribution >= 4 is 5.91 Å². The average molecular weight is 299 g/mol. The summed E-state index contributed by atoms with van der Waals surface area (Å²) in [5.41, 5.74) is 0.557. The third kappa shape index (κ3) is 4.60. The number of ether oxygens (including phenoxy) is 1. The minimum absolute atomic E-state index is 0.185. The molecule has 0 aliphatic carbocycles. The number of benzene rings is 2. The number of carbonyl (C=O) groups excluding carboxylic acids is 1. The molecule has 0 aliphatic heterocycles. The Bertz CT molecular complexity index is 606. The Hall–Kier alpha value is -2.33. The number of aliphatic hydroxyl groups is 1.